The van der Waals surface area contributed by atoms with Crippen molar-refractivity contribution >= 4 is 35.6 Å². The van der Waals surface area contributed by atoms with E-state index < -0.39 is 11.9 Å². The molecule has 4 N–H and O–H groups in total. The van der Waals surface area contributed by atoms with Crippen LogP contribution in [0.25, 0.3) is 12.2 Å². The molecular formula is C23H24N4O4. The number of hydrogen-bond donors (Lipinski definition) is 3. The Morgan fingerprint density at radius 2 is 1.39 bits per heavy atom. The number of urea groups is 1. The molecule has 1 aliphatic heterocycles. The number of primary amides is 1. The van der Waals surface area contributed by atoms with Crippen molar-refractivity contribution in [2.75, 3.05) is 31.1 Å². The lowest BCUT2D eigenvalue weighted by Gasteiger charge is -2.35. The molecule has 1 aliphatic rings. The van der Waals surface area contributed by atoms with Crippen LogP contribution in [0.1, 0.15) is 21.5 Å². The van der Waals surface area contributed by atoms with Gasteiger partial charge in [-0.05, 0) is 47.5 Å². The summed E-state index contributed by atoms with van der Waals surface area (Å²) in [5, 5.41) is 8.47. The van der Waals surface area contributed by atoms with Gasteiger partial charge >= 0.3 is 6.03 Å². The molecule has 0 saturated carbocycles. The maximum atomic E-state index is 12.5. The van der Waals surface area contributed by atoms with E-state index in [-0.39, 0.29) is 5.78 Å². The lowest BCUT2D eigenvalue weighted by atomic mass is 10.1. The monoisotopic (exact) mass is 420 g/mol. The molecule has 0 aliphatic carbocycles. The van der Waals surface area contributed by atoms with Crippen LogP contribution in [0.5, 0.6) is 0 Å². The number of carbonyl (C=O) groups is 3. The molecule has 1 fully saturated rings. The van der Waals surface area contributed by atoms with Gasteiger partial charge in [-0.15, -0.1) is 0 Å². The Bertz CT molecular complexity index is 989. The molecule has 0 unspecified atom stereocenters. The number of hydroxylamine groups is 1. The van der Waals surface area contributed by atoms with Crippen molar-refractivity contribution < 1.29 is 19.6 Å². The number of carbonyl (C=O) groups excluding carboxylic acids is 3. The van der Waals surface area contributed by atoms with Gasteiger partial charge in [-0.3, -0.25) is 14.8 Å². The van der Waals surface area contributed by atoms with Gasteiger partial charge in [-0.25, -0.2) is 10.3 Å². The van der Waals surface area contributed by atoms with E-state index in [1.165, 1.54) is 17.6 Å². The Morgan fingerprint density at radius 1 is 0.839 bits per heavy atom. The van der Waals surface area contributed by atoms with Gasteiger partial charge in [0, 0.05) is 43.5 Å². The number of ketones is 1. The fraction of sp³-hybridized carbons (Fsp3) is 0.174. The van der Waals surface area contributed by atoms with Crippen LogP contribution in [0.15, 0.2) is 60.7 Å². The predicted octanol–water partition coefficient (Wildman–Crippen LogP) is 2.30. The molecule has 2 aromatic carbocycles. The molecule has 8 heteroatoms. The van der Waals surface area contributed by atoms with E-state index in [0.29, 0.717) is 31.7 Å². The zero-order chi connectivity index (χ0) is 22.2. The summed E-state index contributed by atoms with van der Waals surface area (Å²) >= 11 is 0. The van der Waals surface area contributed by atoms with E-state index in [1.54, 1.807) is 41.3 Å². The summed E-state index contributed by atoms with van der Waals surface area (Å²) in [5.41, 5.74) is 10.1. The molecule has 2 aromatic rings. The normalized spacial score (nSPS) is 14.2. The minimum atomic E-state index is -0.603. The lowest BCUT2D eigenvalue weighted by molar-refractivity contribution is -0.124. The standard InChI is InChI=1S/C23H24N4O4/c24-23(30)27-15-13-26(14-16-27)20-9-7-19(8-10-20)21(28)11-5-17-1-3-18(4-2-17)6-12-22(29)25-31/h1-12,31H,13-16H2,(H2,24,30)(H,25,29). The first-order chi connectivity index (χ1) is 15.0. The van der Waals surface area contributed by atoms with Gasteiger partial charge in [-0.1, -0.05) is 30.3 Å². The number of nitrogens with one attached hydrogen (secondary N) is 1. The number of rotatable bonds is 6. The summed E-state index contributed by atoms with van der Waals surface area (Å²) in [6, 6.07) is 14.3. The van der Waals surface area contributed by atoms with E-state index in [9.17, 15) is 14.4 Å². The van der Waals surface area contributed by atoms with Crippen molar-refractivity contribution in [3.63, 3.8) is 0 Å². The van der Waals surface area contributed by atoms with Gasteiger partial charge in [0.05, 0.1) is 0 Å². The summed E-state index contributed by atoms with van der Waals surface area (Å²) in [6.07, 6.45) is 6.03. The Balaban J connectivity index is 1.57. The van der Waals surface area contributed by atoms with Gasteiger partial charge < -0.3 is 15.5 Å². The zero-order valence-electron chi connectivity index (χ0n) is 16.9. The Morgan fingerprint density at radius 3 is 1.90 bits per heavy atom. The van der Waals surface area contributed by atoms with Gasteiger partial charge in [0.15, 0.2) is 5.78 Å². The number of nitrogens with zero attached hydrogens (tertiary/aromatic N) is 2. The second kappa shape index (κ2) is 10.2. The number of amides is 3. The SMILES string of the molecule is NC(=O)N1CCN(c2ccc(C(=O)C=Cc3ccc(C=CC(=O)NO)cc3)cc2)CC1. The Hall–Kier alpha value is -3.91. The highest BCUT2D eigenvalue weighted by molar-refractivity contribution is 6.07. The summed E-state index contributed by atoms with van der Waals surface area (Å²) in [7, 11) is 0. The van der Waals surface area contributed by atoms with Crippen LogP contribution in [0.4, 0.5) is 10.5 Å². The fourth-order valence-electron chi connectivity index (χ4n) is 3.22. The second-order valence-electron chi connectivity index (χ2n) is 7.03. The minimum absolute atomic E-state index is 0.103. The number of hydrogen-bond acceptors (Lipinski definition) is 5. The molecule has 0 aromatic heterocycles. The highest BCUT2D eigenvalue weighted by atomic mass is 16.5. The Kier molecular flexibility index (Phi) is 7.18. The minimum Gasteiger partial charge on any atom is -0.368 e. The molecule has 0 bridgehead atoms. The van der Waals surface area contributed by atoms with Crippen molar-refractivity contribution in [1.82, 2.24) is 10.4 Å². The van der Waals surface area contributed by atoms with E-state index >= 15 is 0 Å². The molecule has 160 valence electrons. The van der Waals surface area contributed by atoms with E-state index in [1.807, 2.05) is 24.3 Å². The number of nitrogens with two attached hydrogens (primary N) is 1. The van der Waals surface area contributed by atoms with Gasteiger partial charge in [0.1, 0.15) is 0 Å². The first-order valence-electron chi connectivity index (χ1n) is 9.80. The summed E-state index contributed by atoms with van der Waals surface area (Å²) in [4.78, 5) is 38.5. The molecule has 31 heavy (non-hydrogen) atoms. The van der Waals surface area contributed by atoms with Crippen molar-refractivity contribution in [3.8, 4) is 0 Å². The molecule has 0 atom stereocenters. The third-order valence-corrected chi connectivity index (χ3v) is 5.01. The third-order valence-electron chi connectivity index (χ3n) is 5.01. The van der Waals surface area contributed by atoms with E-state index in [4.69, 9.17) is 10.9 Å². The topological polar surface area (TPSA) is 116 Å². The first-order valence-corrected chi connectivity index (χ1v) is 9.80. The molecular weight excluding hydrogens is 396 g/mol. The average Bonchev–Trinajstić information content (AvgIpc) is 2.81. The van der Waals surface area contributed by atoms with E-state index in [2.05, 4.69) is 4.90 Å². The van der Waals surface area contributed by atoms with Gasteiger partial charge in [0.2, 0.25) is 0 Å². The Labute approximate surface area is 180 Å². The first kappa shape index (κ1) is 21.8. The molecule has 0 radical (unpaired) electrons. The molecule has 3 amide bonds. The van der Waals surface area contributed by atoms with Crippen molar-refractivity contribution in [3.05, 3.63) is 77.4 Å². The predicted molar refractivity (Wildman–Crippen MR) is 119 cm³/mol. The smallest absolute Gasteiger partial charge is 0.314 e. The number of allylic oxidation sites excluding steroid dienone is 1. The molecule has 0 spiro atoms. The average molecular weight is 420 g/mol. The number of benzene rings is 2. The van der Waals surface area contributed by atoms with Crippen LogP contribution >= 0.6 is 0 Å². The highest BCUT2D eigenvalue weighted by Gasteiger charge is 2.19. The quantitative estimate of drug-likeness (QED) is 0.287. The van der Waals surface area contributed by atoms with Crippen LogP contribution in [0, 0.1) is 0 Å². The van der Waals surface area contributed by atoms with Crippen LogP contribution in [-0.2, 0) is 4.79 Å². The maximum Gasteiger partial charge on any atom is 0.314 e. The summed E-state index contributed by atoms with van der Waals surface area (Å²) in [6.45, 7) is 2.57. The number of anilines is 1. The molecule has 1 saturated heterocycles. The van der Waals surface area contributed by atoms with Crippen LogP contribution in [0.2, 0.25) is 0 Å². The van der Waals surface area contributed by atoms with Gasteiger partial charge in [0.25, 0.3) is 5.91 Å². The van der Waals surface area contributed by atoms with Gasteiger partial charge in [-0.2, -0.15) is 0 Å². The molecule has 3 rings (SSSR count). The number of piperazine rings is 1. The lowest BCUT2D eigenvalue weighted by Crippen LogP contribution is -2.50. The van der Waals surface area contributed by atoms with Crippen LogP contribution in [-0.4, -0.2) is 54.0 Å². The second-order valence-corrected chi connectivity index (χ2v) is 7.03. The molecule has 8 nitrogen and oxygen atoms in total. The van der Waals surface area contributed by atoms with Crippen LogP contribution < -0.4 is 16.1 Å². The largest absolute Gasteiger partial charge is 0.368 e. The van der Waals surface area contributed by atoms with Crippen LogP contribution in [0.3, 0.4) is 0 Å². The third kappa shape index (κ3) is 6.03. The fourth-order valence-corrected chi connectivity index (χ4v) is 3.22. The van der Waals surface area contributed by atoms with Crippen molar-refractivity contribution in [1.29, 1.82) is 0 Å². The molecule has 1 heterocycles. The zero-order valence-corrected chi connectivity index (χ0v) is 16.9. The van der Waals surface area contributed by atoms with Crippen molar-refractivity contribution in [2.24, 2.45) is 5.73 Å². The van der Waals surface area contributed by atoms with Crippen molar-refractivity contribution in [2.45, 2.75) is 0 Å². The highest BCUT2D eigenvalue weighted by Crippen LogP contribution is 2.18. The maximum absolute atomic E-state index is 12.5. The summed E-state index contributed by atoms with van der Waals surface area (Å²) < 4.78 is 0. The van der Waals surface area contributed by atoms with E-state index in [0.717, 1.165) is 16.8 Å². The summed E-state index contributed by atoms with van der Waals surface area (Å²) in [5.74, 6) is -0.706.